The Labute approximate surface area is 138 Å². The second kappa shape index (κ2) is 7.46. The summed E-state index contributed by atoms with van der Waals surface area (Å²) in [6, 6.07) is 10.3. The Bertz CT molecular complexity index is 725. The number of nitrogens with zero attached hydrogens (tertiary/aromatic N) is 2. The van der Waals surface area contributed by atoms with Crippen LogP contribution >= 0.6 is 0 Å². The highest BCUT2D eigenvalue weighted by atomic mass is 32.2. The highest BCUT2D eigenvalue weighted by Gasteiger charge is 2.14. The van der Waals surface area contributed by atoms with E-state index in [1.54, 1.807) is 36.5 Å². The van der Waals surface area contributed by atoms with E-state index in [1.807, 2.05) is 20.0 Å². The third-order valence-corrected chi connectivity index (χ3v) is 4.98. The summed E-state index contributed by atoms with van der Waals surface area (Å²) < 4.78 is 27.1. The number of aryl methyl sites for hydroxylation is 1. The third kappa shape index (κ3) is 4.69. The summed E-state index contributed by atoms with van der Waals surface area (Å²) in [6.45, 7) is 5.01. The van der Waals surface area contributed by atoms with Gasteiger partial charge in [-0.05, 0) is 37.6 Å². The molecule has 0 spiro atoms. The molecular formula is C17H23N3O2S. The van der Waals surface area contributed by atoms with E-state index in [9.17, 15) is 8.42 Å². The molecule has 0 aliphatic rings. The fourth-order valence-corrected chi connectivity index (χ4v) is 3.12. The van der Waals surface area contributed by atoms with Crippen LogP contribution in [-0.2, 0) is 10.0 Å². The maximum absolute atomic E-state index is 12.3. The zero-order valence-corrected chi connectivity index (χ0v) is 14.6. The van der Waals surface area contributed by atoms with Crippen molar-refractivity contribution in [1.29, 1.82) is 0 Å². The molecule has 0 amide bonds. The lowest BCUT2D eigenvalue weighted by atomic mass is 10.2. The minimum atomic E-state index is -3.60. The second-order valence-electron chi connectivity index (χ2n) is 5.60. The van der Waals surface area contributed by atoms with Crippen molar-refractivity contribution in [2.75, 3.05) is 23.2 Å². The average Bonchev–Trinajstić information content (AvgIpc) is 2.53. The number of rotatable bonds is 7. The average molecular weight is 333 g/mol. The van der Waals surface area contributed by atoms with Gasteiger partial charge in [-0.2, -0.15) is 0 Å². The molecule has 0 aliphatic carbocycles. The molecule has 0 aliphatic heterocycles. The van der Waals surface area contributed by atoms with Gasteiger partial charge in [-0.25, -0.2) is 13.4 Å². The lowest BCUT2D eigenvalue weighted by Gasteiger charge is -2.18. The number of pyridine rings is 1. The standard InChI is InChI=1S/C17H23N3O2S/c1-4-5-12-20(3)15-8-11-17(18-13-15)19-23(21,22)16-9-6-14(2)7-10-16/h6-11,13H,4-5,12H2,1-3H3,(H,18,19). The van der Waals surface area contributed by atoms with Crippen LogP contribution in [0.1, 0.15) is 25.3 Å². The lowest BCUT2D eigenvalue weighted by Crippen LogP contribution is -2.19. The summed E-state index contributed by atoms with van der Waals surface area (Å²) in [5, 5.41) is 0. The van der Waals surface area contributed by atoms with Crippen molar-refractivity contribution in [3.05, 3.63) is 48.2 Å². The van der Waals surface area contributed by atoms with Gasteiger partial charge in [0.25, 0.3) is 10.0 Å². The second-order valence-corrected chi connectivity index (χ2v) is 7.28. The van der Waals surface area contributed by atoms with Gasteiger partial charge in [0.2, 0.25) is 0 Å². The van der Waals surface area contributed by atoms with E-state index < -0.39 is 10.0 Å². The van der Waals surface area contributed by atoms with Gasteiger partial charge in [0.05, 0.1) is 16.8 Å². The number of hydrogen-bond donors (Lipinski definition) is 1. The zero-order valence-electron chi connectivity index (χ0n) is 13.8. The van der Waals surface area contributed by atoms with Crippen molar-refractivity contribution >= 4 is 21.5 Å². The van der Waals surface area contributed by atoms with Crippen LogP contribution in [0, 0.1) is 6.92 Å². The summed E-state index contributed by atoms with van der Waals surface area (Å²) in [5.41, 5.74) is 1.98. The predicted octanol–water partition coefficient (Wildman–Crippen LogP) is 3.43. The molecule has 1 heterocycles. The van der Waals surface area contributed by atoms with Crippen LogP contribution in [-0.4, -0.2) is 27.0 Å². The quantitative estimate of drug-likeness (QED) is 0.843. The molecule has 2 rings (SSSR count). The van der Waals surface area contributed by atoms with E-state index in [1.165, 1.54) is 0 Å². The number of hydrogen-bond acceptors (Lipinski definition) is 4. The van der Waals surface area contributed by atoms with Crippen LogP contribution in [0.5, 0.6) is 0 Å². The summed E-state index contributed by atoms with van der Waals surface area (Å²) in [4.78, 5) is 6.54. The first kappa shape index (κ1) is 17.3. The van der Waals surface area contributed by atoms with E-state index in [4.69, 9.17) is 0 Å². The van der Waals surface area contributed by atoms with Crippen molar-refractivity contribution in [1.82, 2.24) is 4.98 Å². The van der Waals surface area contributed by atoms with Crippen molar-refractivity contribution in [3.8, 4) is 0 Å². The molecular weight excluding hydrogens is 310 g/mol. The first-order chi connectivity index (χ1) is 10.9. The van der Waals surface area contributed by atoms with E-state index in [0.717, 1.165) is 30.6 Å². The molecule has 124 valence electrons. The molecule has 0 fully saturated rings. The maximum Gasteiger partial charge on any atom is 0.263 e. The molecule has 0 atom stereocenters. The Morgan fingerprint density at radius 1 is 1.13 bits per heavy atom. The molecule has 0 radical (unpaired) electrons. The monoisotopic (exact) mass is 333 g/mol. The number of benzene rings is 1. The molecule has 5 nitrogen and oxygen atoms in total. The fourth-order valence-electron chi connectivity index (χ4n) is 2.11. The van der Waals surface area contributed by atoms with Gasteiger partial charge >= 0.3 is 0 Å². The topological polar surface area (TPSA) is 62.3 Å². The van der Waals surface area contributed by atoms with Crippen LogP contribution in [0.15, 0.2) is 47.5 Å². The Morgan fingerprint density at radius 2 is 1.83 bits per heavy atom. The highest BCUT2D eigenvalue weighted by Crippen LogP contribution is 2.18. The minimum absolute atomic E-state index is 0.231. The molecule has 0 unspecified atom stereocenters. The molecule has 2 aromatic rings. The molecule has 0 saturated heterocycles. The van der Waals surface area contributed by atoms with E-state index in [0.29, 0.717) is 5.82 Å². The highest BCUT2D eigenvalue weighted by molar-refractivity contribution is 7.92. The maximum atomic E-state index is 12.3. The van der Waals surface area contributed by atoms with Gasteiger partial charge in [-0.15, -0.1) is 0 Å². The number of unbranched alkanes of at least 4 members (excludes halogenated alkanes) is 1. The van der Waals surface area contributed by atoms with Gasteiger partial charge < -0.3 is 4.90 Å². The van der Waals surface area contributed by atoms with Crippen molar-refractivity contribution in [2.24, 2.45) is 0 Å². The minimum Gasteiger partial charge on any atom is -0.373 e. The molecule has 23 heavy (non-hydrogen) atoms. The number of sulfonamides is 1. The van der Waals surface area contributed by atoms with Crippen LogP contribution in [0.25, 0.3) is 0 Å². The SMILES string of the molecule is CCCCN(C)c1ccc(NS(=O)(=O)c2ccc(C)cc2)nc1. The Balaban J connectivity index is 2.09. The van der Waals surface area contributed by atoms with Gasteiger partial charge in [0.15, 0.2) is 0 Å². The van der Waals surface area contributed by atoms with Crippen LogP contribution in [0.2, 0.25) is 0 Å². The van der Waals surface area contributed by atoms with Crippen LogP contribution in [0.4, 0.5) is 11.5 Å². The lowest BCUT2D eigenvalue weighted by molar-refractivity contribution is 0.601. The van der Waals surface area contributed by atoms with Crippen molar-refractivity contribution in [2.45, 2.75) is 31.6 Å². The molecule has 6 heteroatoms. The van der Waals surface area contributed by atoms with Crippen LogP contribution < -0.4 is 9.62 Å². The zero-order chi connectivity index (χ0) is 16.9. The smallest absolute Gasteiger partial charge is 0.263 e. The Morgan fingerprint density at radius 3 is 2.39 bits per heavy atom. The summed E-state index contributed by atoms with van der Waals surface area (Å²) in [6.07, 6.45) is 3.92. The summed E-state index contributed by atoms with van der Waals surface area (Å²) >= 11 is 0. The van der Waals surface area contributed by atoms with Gasteiger partial charge in [0, 0.05) is 13.6 Å². The van der Waals surface area contributed by atoms with Gasteiger partial charge in [0.1, 0.15) is 5.82 Å². The molecule has 1 aromatic heterocycles. The first-order valence-corrected chi connectivity index (χ1v) is 9.17. The molecule has 0 bridgehead atoms. The van der Waals surface area contributed by atoms with Crippen molar-refractivity contribution in [3.63, 3.8) is 0 Å². The molecule has 0 saturated carbocycles. The third-order valence-electron chi connectivity index (χ3n) is 3.61. The summed E-state index contributed by atoms with van der Waals surface area (Å²) in [7, 11) is -1.60. The predicted molar refractivity (Wildman–Crippen MR) is 94.4 cm³/mol. The molecule has 1 N–H and O–H groups in total. The normalized spacial score (nSPS) is 11.3. The van der Waals surface area contributed by atoms with Crippen molar-refractivity contribution < 1.29 is 8.42 Å². The first-order valence-electron chi connectivity index (χ1n) is 7.69. The van der Waals surface area contributed by atoms with E-state index in [2.05, 4.69) is 21.5 Å². The molecule has 1 aromatic carbocycles. The largest absolute Gasteiger partial charge is 0.373 e. The fraction of sp³-hybridized carbons (Fsp3) is 0.353. The number of nitrogens with one attached hydrogen (secondary N) is 1. The van der Waals surface area contributed by atoms with Crippen LogP contribution in [0.3, 0.4) is 0 Å². The summed E-state index contributed by atoms with van der Waals surface area (Å²) in [5.74, 6) is 0.318. The van der Waals surface area contributed by atoms with E-state index >= 15 is 0 Å². The number of anilines is 2. The van der Waals surface area contributed by atoms with Gasteiger partial charge in [-0.1, -0.05) is 31.0 Å². The van der Waals surface area contributed by atoms with E-state index in [-0.39, 0.29) is 4.90 Å². The Kier molecular flexibility index (Phi) is 5.60. The number of aromatic nitrogens is 1. The Hall–Kier alpha value is -2.08. The van der Waals surface area contributed by atoms with Gasteiger partial charge in [-0.3, -0.25) is 4.72 Å².